The second-order valence-corrected chi connectivity index (χ2v) is 4.86. The predicted molar refractivity (Wildman–Crippen MR) is 77.6 cm³/mol. The molecule has 0 aliphatic carbocycles. The van der Waals surface area contributed by atoms with Crippen LogP contribution in [0.2, 0.25) is 0 Å². The van der Waals surface area contributed by atoms with Gasteiger partial charge in [-0.15, -0.1) is 0 Å². The number of carbonyl (C=O) groups excluding carboxylic acids is 1. The van der Waals surface area contributed by atoms with E-state index >= 15 is 0 Å². The highest BCUT2D eigenvalue weighted by molar-refractivity contribution is 5.95. The molecule has 110 valence electrons. The Morgan fingerprint density at radius 1 is 1.50 bits per heavy atom. The van der Waals surface area contributed by atoms with Gasteiger partial charge in [0, 0.05) is 30.8 Å². The van der Waals surface area contributed by atoms with Crippen LogP contribution in [0.4, 0.5) is 11.4 Å². The lowest BCUT2D eigenvalue weighted by atomic mass is 10.1. The van der Waals surface area contributed by atoms with Crippen molar-refractivity contribution in [2.24, 2.45) is 0 Å². The van der Waals surface area contributed by atoms with Crippen LogP contribution in [-0.4, -0.2) is 41.9 Å². The summed E-state index contributed by atoms with van der Waals surface area (Å²) >= 11 is 0. The second kappa shape index (κ2) is 6.85. The Kier molecular flexibility index (Phi) is 5.45. The van der Waals surface area contributed by atoms with Crippen molar-refractivity contribution in [2.45, 2.75) is 19.9 Å². The average molecular weight is 280 g/mol. The fraction of sp³-hybridized carbons (Fsp3) is 0.462. The van der Waals surface area contributed by atoms with Crippen molar-refractivity contribution in [3.63, 3.8) is 0 Å². The Bertz CT molecular complexity index is 502. The van der Waals surface area contributed by atoms with Gasteiger partial charge >= 0.3 is 0 Å². The third-order valence-electron chi connectivity index (χ3n) is 3.12. The maximum Gasteiger partial charge on any atom is 0.292 e. The molecule has 0 bridgehead atoms. The lowest BCUT2D eigenvalue weighted by Crippen LogP contribution is -2.36. The zero-order chi connectivity index (χ0) is 15.3. The molecule has 0 spiro atoms. The number of anilines is 1. The molecule has 0 unspecified atom stereocenters. The smallest absolute Gasteiger partial charge is 0.292 e. The number of hydrogen-bond donors (Lipinski definition) is 2. The summed E-state index contributed by atoms with van der Waals surface area (Å²) in [4.78, 5) is 24.0. The van der Waals surface area contributed by atoms with Crippen molar-refractivity contribution in [3.8, 4) is 0 Å². The van der Waals surface area contributed by atoms with Gasteiger partial charge in [-0.2, -0.15) is 0 Å². The van der Waals surface area contributed by atoms with Crippen LogP contribution in [0.5, 0.6) is 0 Å². The van der Waals surface area contributed by atoms with Gasteiger partial charge in [-0.05, 0) is 33.0 Å². The molecule has 3 N–H and O–H groups in total. The van der Waals surface area contributed by atoms with Gasteiger partial charge in [0.05, 0.1) is 4.92 Å². The first-order chi connectivity index (χ1) is 9.32. The van der Waals surface area contributed by atoms with E-state index in [0.717, 1.165) is 6.54 Å². The summed E-state index contributed by atoms with van der Waals surface area (Å²) in [5, 5.41) is 13.4. The minimum atomic E-state index is -0.575. The van der Waals surface area contributed by atoms with Gasteiger partial charge in [0.2, 0.25) is 0 Å². The normalized spacial score (nSPS) is 10.8. The van der Waals surface area contributed by atoms with Crippen molar-refractivity contribution in [3.05, 3.63) is 33.9 Å². The van der Waals surface area contributed by atoms with Crippen LogP contribution in [0.15, 0.2) is 18.2 Å². The summed E-state index contributed by atoms with van der Waals surface area (Å²) in [7, 11) is 1.97. The van der Waals surface area contributed by atoms with Crippen molar-refractivity contribution < 1.29 is 9.72 Å². The fourth-order valence-electron chi connectivity index (χ4n) is 1.57. The molecule has 0 saturated carbocycles. The van der Waals surface area contributed by atoms with E-state index in [1.165, 1.54) is 18.2 Å². The van der Waals surface area contributed by atoms with Gasteiger partial charge < -0.3 is 16.0 Å². The fourth-order valence-corrected chi connectivity index (χ4v) is 1.57. The van der Waals surface area contributed by atoms with Crippen LogP contribution in [0.25, 0.3) is 0 Å². The summed E-state index contributed by atoms with van der Waals surface area (Å²) in [5.74, 6) is -0.288. The molecule has 20 heavy (non-hydrogen) atoms. The summed E-state index contributed by atoms with van der Waals surface area (Å²) in [6.45, 7) is 5.37. The first kappa shape index (κ1) is 15.9. The summed E-state index contributed by atoms with van der Waals surface area (Å²) < 4.78 is 0. The molecular formula is C13H20N4O3. The summed E-state index contributed by atoms with van der Waals surface area (Å²) in [6, 6.07) is 4.36. The summed E-state index contributed by atoms with van der Waals surface area (Å²) in [5.41, 5.74) is 5.66. The standard InChI is InChI=1S/C13H20N4O3/c1-9(2)16(3)7-6-15-13(18)10-4-5-12(17(19)20)11(14)8-10/h4-5,8-9H,6-7,14H2,1-3H3,(H,15,18). The van der Waals surface area contributed by atoms with E-state index in [0.29, 0.717) is 18.2 Å². The number of amides is 1. The maximum atomic E-state index is 11.9. The quantitative estimate of drug-likeness (QED) is 0.464. The molecular weight excluding hydrogens is 260 g/mol. The minimum Gasteiger partial charge on any atom is -0.393 e. The Labute approximate surface area is 117 Å². The minimum absolute atomic E-state index is 0.0121. The number of nitrogens with two attached hydrogens (primary N) is 1. The highest BCUT2D eigenvalue weighted by Crippen LogP contribution is 2.21. The molecule has 0 aliphatic heterocycles. The molecule has 7 heteroatoms. The Morgan fingerprint density at radius 2 is 2.15 bits per heavy atom. The molecule has 7 nitrogen and oxygen atoms in total. The number of hydrogen-bond acceptors (Lipinski definition) is 5. The number of benzene rings is 1. The number of nitrogens with zero attached hydrogens (tertiary/aromatic N) is 2. The third kappa shape index (κ3) is 4.20. The number of nitrogens with one attached hydrogen (secondary N) is 1. The lowest BCUT2D eigenvalue weighted by Gasteiger charge is -2.20. The maximum absolute atomic E-state index is 11.9. The van der Waals surface area contributed by atoms with Gasteiger partial charge in [0.25, 0.3) is 11.6 Å². The molecule has 0 aliphatic rings. The Hall–Kier alpha value is -2.15. The zero-order valence-electron chi connectivity index (χ0n) is 11.9. The molecule has 0 fully saturated rings. The molecule has 0 atom stereocenters. The zero-order valence-corrected chi connectivity index (χ0v) is 11.9. The Morgan fingerprint density at radius 3 is 2.65 bits per heavy atom. The lowest BCUT2D eigenvalue weighted by molar-refractivity contribution is -0.383. The van der Waals surface area contributed by atoms with Crippen molar-refractivity contribution in [1.82, 2.24) is 10.2 Å². The van der Waals surface area contributed by atoms with Crippen LogP contribution in [0.3, 0.4) is 0 Å². The monoisotopic (exact) mass is 280 g/mol. The van der Waals surface area contributed by atoms with Crippen LogP contribution in [0.1, 0.15) is 24.2 Å². The number of nitro benzene ring substituents is 1. The van der Waals surface area contributed by atoms with Crippen LogP contribution >= 0.6 is 0 Å². The van der Waals surface area contributed by atoms with E-state index in [1.807, 2.05) is 7.05 Å². The van der Waals surface area contributed by atoms with Crippen molar-refractivity contribution >= 4 is 17.3 Å². The van der Waals surface area contributed by atoms with Gasteiger partial charge in [0.1, 0.15) is 5.69 Å². The number of likely N-dealkylation sites (N-methyl/N-ethyl adjacent to an activating group) is 1. The highest BCUT2D eigenvalue weighted by Gasteiger charge is 2.14. The average Bonchev–Trinajstić information content (AvgIpc) is 2.37. The SMILES string of the molecule is CC(C)N(C)CCNC(=O)c1ccc([N+](=O)[O-])c(N)c1. The van der Waals surface area contributed by atoms with E-state index in [9.17, 15) is 14.9 Å². The number of nitro groups is 1. The molecule has 1 aromatic rings. The molecule has 0 saturated heterocycles. The van der Waals surface area contributed by atoms with Crippen LogP contribution < -0.4 is 11.1 Å². The van der Waals surface area contributed by atoms with Gasteiger partial charge in [-0.25, -0.2) is 0 Å². The number of nitrogen functional groups attached to an aromatic ring is 1. The van der Waals surface area contributed by atoms with E-state index in [1.54, 1.807) is 0 Å². The van der Waals surface area contributed by atoms with Gasteiger partial charge in [-0.1, -0.05) is 0 Å². The van der Waals surface area contributed by atoms with Gasteiger partial charge in [-0.3, -0.25) is 14.9 Å². The van der Waals surface area contributed by atoms with Crippen molar-refractivity contribution in [2.75, 3.05) is 25.9 Å². The molecule has 1 rings (SSSR count). The van der Waals surface area contributed by atoms with Crippen LogP contribution in [-0.2, 0) is 0 Å². The van der Waals surface area contributed by atoms with E-state index in [4.69, 9.17) is 5.73 Å². The van der Waals surface area contributed by atoms with E-state index in [2.05, 4.69) is 24.1 Å². The second-order valence-electron chi connectivity index (χ2n) is 4.86. The molecule has 0 aromatic heterocycles. The number of rotatable bonds is 6. The highest BCUT2D eigenvalue weighted by atomic mass is 16.6. The van der Waals surface area contributed by atoms with Crippen molar-refractivity contribution in [1.29, 1.82) is 0 Å². The number of carbonyl (C=O) groups is 1. The van der Waals surface area contributed by atoms with E-state index < -0.39 is 4.92 Å². The van der Waals surface area contributed by atoms with Crippen LogP contribution in [0, 0.1) is 10.1 Å². The predicted octanol–water partition coefficient (Wildman–Crippen LogP) is 1.25. The summed E-state index contributed by atoms with van der Waals surface area (Å²) in [6.07, 6.45) is 0. The molecule has 1 aromatic carbocycles. The molecule has 0 heterocycles. The first-order valence-corrected chi connectivity index (χ1v) is 6.35. The Balaban J connectivity index is 2.60. The van der Waals surface area contributed by atoms with Gasteiger partial charge in [0.15, 0.2) is 0 Å². The topological polar surface area (TPSA) is 102 Å². The molecule has 0 radical (unpaired) electrons. The third-order valence-corrected chi connectivity index (χ3v) is 3.12. The largest absolute Gasteiger partial charge is 0.393 e. The van der Waals surface area contributed by atoms with E-state index in [-0.39, 0.29) is 17.3 Å². The molecule has 1 amide bonds. The first-order valence-electron chi connectivity index (χ1n) is 6.35.